The van der Waals surface area contributed by atoms with E-state index >= 15 is 0 Å². The summed E-state index contributed by atoms with van der Waals surface area (Å²) in [5, 5.41) is 26.5. The number of carbonyl (C=O) groups excluding carboxylic acids is 1. The van der Waals surface area contributed by atoms with Crippen LogP contribution >= 0.6 is 0 Å². The van der Waals surface area contributed by atoms with Crippen molar-refractivity contribution >= 4 is 17.6 Å². The molecule has 2 N–H and O–H groups in total. The van der Waals surface area contributed by atoms with Gasteiger partial charge in [-0.05, 0) is 25.5 Å². The fourth-order valence-electron chi connectivity index (χ4n) is 1.61. The first kappa shape index (κ1) is 15.4. The molecule has 0 saturated carbocycles. The highest BCUT2D eigenvalue weighted by Crippen LogP contribution is 2.13. The maximum Gasteiger partial charge on any atom is 0.303 e. The molecule has 0 atom stereocenters. The van der Waals surface area contributed by atoms with Gasteiger partial charge < -0.3 is 10.4 Å². The third-order valence-corrected chi connectivity index (χ3v) is 2.65. The normalized spacial score (nSPS) is 10.2. The zero-order valence-corrected chi connectivity index (χ0v) is 11.9. The largest absolute Gasteiger partial charge is 0.481 e. The summed E-state index contributed by atoms with van der Waals surface area (Å²) < 4.78 is 0. The lowest BCUT2D eigenvalue weighted by molar-refractivity contribution is -0.137. The number of nitrogens with one attached hydrogen (secondary N) is 1. The quantitative estimate of drug-likeness (QED) is 0.802. The molecule has 0 aliphatic rings. The van der Waals surface area contributed by atoms with E-state index in [2.05, 4.69) is 30.7 Å². The number of carbonyl (C=O) groups is 2. The van der Waals surface area contributed by atoms with E-state index in [9.17, 15) is 9.59 Å². The third-order valence-electron chi connectivity index (χ3n) is 2.65. The molecule has 1 amide bonds. The van der Waals surface area contributed by atoms with E-state index in [4.69, 9.17) is 5.11 Å². The molecular formula is C13H14N6O3. The van der Waals surface area contributed by atoms with Crippen molar-refractivity contribution in [1.29, 1.82) is 0 Å². The number of aromatic nitrogens is 5. The molecule has 22 heavy (non-hydrogen) atoms. The smallest absolute Gasteiger partial charge is 0.303 e. The van der Waals surface area contributed by atoms with E-state index in [0.29, 0.717) is 29.5 Å². The molecule has 0 aromatic carbocycles. The van der Waals surface area contributed by atoms with E-state index in [1.807, 2.05) is 0 Å². The number of carboxylic acids is 1. The molecule has 0 unspecified atom stereocenters. The van der Waals surface area contributed by atoms with Crippen molar-refractivity contribution in [2.75, 3.05) is 5.32 Å². The van der Waals surface area contributed by atoms with Crippen molar-refractivity contribution in [1.82, 2.24) is 25.4 Å². The first-order valence-electron chi connectivity index (χ1n) is 6.56. The molecule has 2 aromatic heterocycles. The van der Waals surface area contributed by atoms with Gasteiger partial charge in [0, 0.05) is 12.8 Å². The molecule has 2 rings (SSSR count). The minimum Gasteiger partial charge on any atom is -0.481 e. The number of nitrogens with zero attached hydrogens (tertiary/aromatic N) is 5. The zero-order valence-electron chi connectivity index (χ0n) is 11.9. The van der Waals surface area contributed by atoms with Crippen LogP contribution in [0.1, 0.15) is 25.1 Å². The SMILES string of the molecule is Cc1nnc(-c2ccc(NC(=O)CCCC(=O)O)cn2)nn1. The second-order valence-electron chi connectivity index (χ2n) is 4.50. The van der Waals surface area contributed by atoms with Crippen molar-refractivity contribution in [2.24, 2.45) is 0 Å². The first-order chi connectivity index (χ1) is 10.5. The van der Waals surface area contributed by atoms with Crippen molar-refractivity contribution in [3.8, 4) is 11.5 Å². The highest BCUT2D eigenvalue weighted by atomic mass is 16.4. The predicted molar refractivity (Wildman–Crippen MR) is 75.7 cm³/mol. The van der Waals surface area contributed by atoms with E-state index in [0.717, 1.165) is 0 Å². The lowest BCUT2D eigenvalue weighted by Crippen LogP contribution is -2.12. The number of anilines is 1. The van der Waals surface area contributed by atoms with Gasteiger partial charge in [0.15, 0.2) is 5.82 Å². The summed E-state index contributed by atoms with van der Waals surface area (Å²) >= 11 is 0. The van der Waals surface area contributed by atoms with Crippen LogP contribution in [0.4, 0.5) is 5.69 Å². The van der Waals surface area contributed by atoms with Crippen molar-refractivity contribution in [2.45, 2.75) is 26.2 Å². The van der Waals surface area contributed by atoms with Crippen molar-refractivity contribution < 1.29 is 14.7 Å². The Balaban J connectivity index is 1.93. The number of amides is 1. The highest BCUT2D eigenvalue weighted by Gasteiger charge is 2.07. The molecule has 9 heteroatoms. The molecule has 9 nitrogen and oxygen atoms in total. The minimum absolute atomic E-state index is 0.0324. The summed E-state index contributed by atoms with van der Waals surface area (Å²) in [6.07, 6.45) is 1.87. The summed E-state index contributed by atoms with van der Waals surface area (Å²) in [6, 6.07) is 3.29. The lowest BCUT2D eigenvalue weighted by Gasteiger charge is -2.05. The van der Waals surface area contributed by atoms with Crippen molar-refractivity contribution in [3.63, 3.8) is 0 Å². The van der Waals surface area contributed by atoms with Gasteiger partial charge >= 0.3 is 5.97 Å². The number of aliphatic carboxylic acids is 1. The summed E-state index contributed by atoms with van der Waals surface area (Å²) in [6.45, 7) is 1.68. The van der Waals surface area contributed by atoms with Crippen molar-refractivity contribution in [3.05, 3.63) is 24.2 Å². The van der Waals surface area contributed by atoms with Crippen LogP contribution < -0.4 is 5.32 Å². The van der Waals surface area contributed by atoms with Crippen LogP contribution in [-0.4, -0.2) is 42.4 Å². The Bertz CT molecular complexity index is 656. The van der Waals surface area contributed by atoms with Gasteiger partial charge in [-0.2, -0.15) is 0 Å². The maximum atomic E-state index is 11.6. The van der Waals surface area contributed by atoms with E-state index in [-0.39, 0.29) is 18.7 Å². The average Bonchev–Trinajstić information content (AvgIpc) is 2.48. The monoisotopic (exact) mass is 302 g/mol. The highest BCUT2D eigenvalue weighted by molar-refractivity contribution is 5.90. The number of rotatable bonds is 6. The van der Waals surface area contributed by atoms with Gasteiger partial charge in [0.1, 0.15) is 5.69 Å². The molecular weight excluding hydrogens is 288 g/mol. The fraction of sp³-hybridized carbons (Fsp3) is 0.308. The summed E-state index contributed by atoms with van der Waals surface area (Å²) in [4.78, 5) is 26.1. The van der Waals surface area contributed by atoms with Crippen LogP contribution in [-0.2, 0) is 9.59 Å². The molecule has 0 aliphatic heterocycles. The van der Waals surface area contributed by atoms with E-state index < -0.39 is 5.97 Å². The Morgan fingerprint density at radius 1 is 1.14 bits per heavy atom. The van der Waals surface area contributed by atoms with Crippen LogP contribution in [0.5, 0.6) is 0 Å². The maximum absolute atomic E-state index is 11.6. The molecule has 0 bridgehead atoms. The van der Waals surface area contributed by atoms with Crippen LogP contribution in [0.3, 0.4) is 0 Å². The number of carboxylic acid groups (broad SMARTS) is 1. The van der Waals surface area contributed by atoms with E-state index in [1.54, 1.807) is 19.1 Å². The van der Waals surface area contributed by atoms with E-state index in [1.165, 1.54) is 6.20 Å². The second-order valence-corrected chi connectivity index (χ2v) is 4.50. The summed E-state index contributed by atoms with van der Waals surface area (Å²) in [5.41, 5.74) is 1.00. The summed E-state index contributed by atoms with van der Waals surface area (Å²) in [5.74, 6) is -0.413. The summed E-state index contributed by atoms with van der Waals surface area (Å²) in [7, 11) is 0. The topological polar surface area (TPSA) is 131 Å². The van der Waals surface area contributed by atoms with Crippen LogP contribution in [0.15, 0.2) is 18.3 Å². The number of aryl methyl sites for hydroxylation is 1. The average molecular weight is 302 g/mol. The Kier molecular flexibility index (Phi) is 5.02. The second kappa shape index (κ2) is 7.16. The molecule has 114 valence electrons. The standard InChI is InChI=1S/C13H14N6O3/c1-8-16-18-13(19-17-8)10-6-5-9(7-14-10)15-11(20)3-2-4-12(21)22/h5-7H,2-4H2,1H3,(H,15,20)(H,21,22). The molecule has 0 aliphatic carbocycles. The van der Waals surface area contributed by atoms with Gasteiger partial charge in [-0.1, -0.05) is 0 Å². The molecule has 0 spiro atoms. The molecule has 0 saturated heterocycles. The lowest BCUT2D eigenvalue weighted by atomic mass is 10.2. The Morgan fingerprint density at radius 3 is 2.45 bits per heavy atom. The number of hydrogen-bond acceptors (Lipinski definition) is 7. The molecule has 0 radical (unpaired) electrons. The Hall–Kier alpha value is -2.97. The zero-order chi connectivity index (χ0) is 15.9. The Labute approximate surface area is 125 Å². The van der Waals surface area contributed by atoms with Crippen LogP contribution in [0.25, 0.3) is 11.5 Å². The predicted octanol–water partition coefficient (Wildman–Crippen LogP) is 0.830. The third kappa shape index (κ3) is 4.54. The number of hydrogen-bond donors (Lipinski definition) is 2. The minimum atomic E-state index is -0.917. The van der Waals surface area contributed by atoms with Gasteiger partial charge in [0.25, 0.3) is 0 Å². The first-order valence-corrected chi connectivity index (χ1v) is 6.56. The van der Waals surface area contributed by atoms with Gasteiger partial charge in [-0.3, -0.25) is 14.6 Å². The molecule has 0 fully saturated rings. The van der Waals surface area contributed by atoms with Gasteiger partial charge in [-0.25, -0.2) is 0 Å². The van der Waals surface area contributed by atoms with Gasteiger partial charge in [0.05, 0.1) is 11.9 Å². The number of pyridine rings is 1. The Morgan fingerprint density at radius 2 is 1.86 bits per heavy atom. The molecule has 2 aromatic rings. The molecule has 2 heterocycles. The fourth-order valence-corrected chi connectivity index (χ4v) is 1.61. The van der Waals surface area contributed by atoms with Gasteiger partial charge in [0.2, 0.25) is 11.7 Å². The van der Waals surface area contributed by atoms with Crippen LogP contribution in [0.2, 0.25) is 0 Å². The van der Waals surface area contributed by atoms with Crippen LogP contribution in [0, 0.1) is 6.92 Å². The van der Waals surface area contributed by atoms with Gasteiger partial charge in [-0.15, -0.1) is 20.4 Å².